The first-order valence-electron chi connectivity index (χ1n) is 6.47. The molecule has 0 aliphatic heterocycles. The van der Waals surface area contributed by atoms with Crippen LogP contribution in [0, 0.1) is 10.1 Å². The summed E-state index contributed by atoms with van der Waals surface area (Å²) in [6.45, 7) is 2.58. The Morgan fingerprint density at radius 1 is 1.52 bits per heavy atom. The summed E-state index contributed by atoms with van der Waals surface area (Å²) in [6.07, 6.45) is 0.845. The molecule has 0 bridgehead atoms. The van der Waals surface area contributed by atoms with Crippen LogP contribution in [0.2, 0.25) is 0 Å². The Labute approximate surface area is 122 Å². The van der Waals surface area contributed by atoms with E-state index in [0.29, 0.717) is 6.54 Å². The van der Waals surface area contributed by atoms with Crippen LogP contribution in [-0.2, 0) is 4.79 Å². The lowest BCUT2D eigenvalue weighted by Gasteiger charge is -2.16. The Bertz CT molecular complexity index is 507. The standard InChI is InChI=1S/C13H19N3O5/c1-3-6-15-10(13(14)17)8-21-9-4-5-12(20-2)11(7-9)16(18)19/h4-5,7,10,15H,3,6,8H2,1-2H3,(H2,14,17). The van der Waals surface area contributed by atoms with E-state index in [2.05, 4.69) is 5.32 Å². The number of carbonyl (C=O) groups is 1. The number of nitro benzene ring substituents is 1. The molecule has 1 aromatic carbocycles. The van der Waals surface area contributed by atoms with Crippen LogP contribution in [-0.4, -0.2) is 37.1 Å². The Balaban J connectivity index is 2.76. The van der Waals surface area contributed by atoms with Crippen LogP contribution in [0.4, 0.5) is 5.69 Å². The van der Waals surface area contributed by atoms with E-state index in [1.165, 1.54) is 25.3 Å². The molecule has 1 rings (SSSR count). The molecule has 0 fully saturated rings. The molecule has 0 radical (unpaired) electrons. The molecular formula is C13H19N3O5. The van der Waals surface area contributed by atoms with E-state index in [1.807, 2.05) is 6.92 Å². The van der Waals surface area contributed by atoms with Crippen molar-refractivity contribution < 1.29 is 19.2 Å². The number of methoxy groups -OCH3 is 1. The van der Waals surface area contributed by atoms with Crippen LogP contribution in [0.1, 0.15) is 13.3 Å². The number of hydrogen-bond acceptors (Lipinski definition) is 6. The first-order chi connectivity index (χ1) is 9.99. The highest BCUT2D eigenvalue weighted by molar-refractivity contribution is 5.80. The molecule has 0 saturated heterocycles. The van der Waals surface area contributed by atoms with Crippen LogP contribution in [0.3, 0.4) is 0 Å². The van der Waals surface area contributed by atoms with Gasteiger partial charge in [-0.05, 0) is 25.1 Å². The molecule has 1 amide bonds. The van der Waals surface area contributed by atoms with Crippen molar-refractivity contribution in [2.75, 3.05) is 20.3 Å². The number of amides is 1. The smallest absolute Gasteiger partial charge is 0.314 e. The summed E-state index contributed by atoms with van der Waals surface area (Å²) in [5, 5.41) is 13.8. The lowest BCUT2D eigenvalue weighted by Crippen LogP contribution is -2.45. The van der Waals surface area contributed by atoms with Crippen LogP contribution in [0.25, 0.3) is 0 Å². The number of carbonyl (C=O) groups excluding carboxylic acids is 1. The van der Waals surface area contributed by atoms with Gasteiger partial charge in [-0.25, -0.2) is 0 Å². The first kappa shape index (κ1) is 16.7. The summed E-state index contributed by atoms with van der Waals surface area (Å²) in [6, 6.07) is 3.57. The second kappa shape index (κ2) is 8.05. The SMILES string of the molecule is CCCNC(COc1ccc(OC)c([N+](=O)[O-])c1)C(N)=O. The fraction of sp³-hybridized carbons (Fsp3) is 0.462. The molecule has 0 spiro atoms. The fourth-order valence-electron chi connectivity index (χ4n) is 1.64. The van der Waals surface area contributed by atoms with Crippen molar-refractivity contribution in [1.82, 2.24) is 5.32 Å². The lowest BCUT2D eigenvalue weighted by molar-refractivity contribution is -0.385. The number of nitro groups is 1. The molecule has 0 aromatic heterocycles. The minimum absolute atomic E-state index is 0.00117. The van der Waals surface area contributed by atoms with Crippen molar-refractivity contribution >= 4 is 11.6 Å². The molecule has 8 heteroatoms. The van der Waals surface area contributed by atoms with E-state index < -0.39 is 16.9 Å². The highest BCUT2D eigenvalue weighted by Gasteiger charge is 2.18. The van der Waals surface area contributed by atoms with Gasteiger partial charge in [-0.15, -0.1) is 0 Å². The summed E-state index contributed by atoms with van der Waals surface area (Å²) in [7, 11) is 1.35. The number of nitrogens with zero attached hydrogens (tertiary/aromatic N) is 1. The predicted octanol–water partition coefficient (Wildman–Crippen LogP) is 0.836. The van der Waals surface area contributed by atoms with Crippen molar-refractivity contribution in [3.8, 4) is 11.5 Å². The number of nitrogens with one attached hydrogen (secondary N) is 1. The monoisotopic (exact) mass is 297 g/mol. The van der Waals surface area contributed by atoms with Crippen LogP contribution in [0.15, 0.2) is 18.2 Å². The van der Waals surface area contributed by atoms with Crippen LogP contribution in [0.5, 0.6) is 11.5 Å². The van der Waals surface area contributed by atoms with Gasteiger partial charge in [0, 0.05) is 0 Å². The zero-order valence-corrected chi connectivity index (χ0v) is 12.0. The molecular weight excluding hydrogens is 278 g/mol. The molecule has 1 unspecified atom stereocenters. The van der Waals surface area contributed by atoms with Crippen molar-refractivity contribution in [2.45, 2.75) is 19.4 Å². The van der Waals surface area contributed by atoms with Crippen LogP contribution < -0.4 is 20.5 Å². The summed E-state index contributed by atoms with van der Waals surface area (Å²) in [4.78, 5) is 21.6. The quantitative estimate of drug-likeness (QED) is 0.515. The number of ether oxygens (including phenoxy) is 2. The summed E-state index contributed by atoms with van der Waals surface area (Å²) in [5.41, 5.74) is 5.05. The van der Waals surface area contributed by atoms with E-state index in [4.69, 9.17) is 15.2 Å². The van der Waals surface area contributed by atoms with E-state index in [9.17, 15) is 14.9 Å². The number of benzene rings is 1. The van der Waals surface area contributed by atoms with E-state index in [0.717, 1.165) is 6.42 Å². The van der Waals surface area contributed by atoms with Crippen molar-refractivity contribution in [3.05, 3.63) is 28.3 Å². The molecule has 3 N–H and O–H groups in total. The molecule has 0 heterocycles. The van der Waals surface area contributed by atoms with Gasteiger partial charge in [0.05, 0.1) is 18.1 Å². The van der Waals surface area contributed by atoms with Gasteiger partial charge in [-0.2, -0.15) is 0 Å². The van der Waals surface area contributed by atoms with Gasteiger partial charge in [0.1, 0.15) is 18.4 Å². The highest BCUT2D eigenvalue weighted by atomic mass is 16.6. The third-order valence-electron chi connectivity index (χ3n) is 2.75. The maximum Gasteiger partial charge on any atom is 0.314 e. The first-order valence-corrected chi connectivity index (χ1v) is 6.47. The average Bonchev–Trinajstić information content (AvgIpc) is 2.46. The molecule has 116 valence electrons. The second-order valence-corrected chi connectivity index (χ2v) is 4.31. The molecule has 0 aliphatic carbocycles. The minimum atomic E-state index is -0.647. The van der Waals surface area contributed by atoms with E-state index in [-0.39, 0.29) is 23.8 Å². The van der Waals surface area contributed by atoms with Gasteiger partial charge in [-0.1, -0.05) is 6.92 Å². The van der Waals surface area contributed by atoms with Gasteiger partial charge < -0.3 is 20.5 Å². The summed E-state index contributed by atoms with van der Waals surface area (Å²) >= 11 is 0. The van der Waals surface area contributed by atoms with E-state index >= 15 is 0 Å². The zero-order valence-electron chi connectivity index (χ0n) is 12.0. The Hall–Kier alpha value is -2.35. The summed E-state index contributed by atoms with van der Waals surface area (Å²) in [5.74, 6) is -0.124. The van der Waals surface area contributed by atoms with Gasteiger partial charge in [0.2, 0.25) is 5.91 Å². The fourth-order valence-corrected chi connectivity index (χ4v) is 1.64. The molecule has 0 aliphatic rings. The second-order valence-electron chi connectivity index (χ2n) is 4.31. The molecule has 1 atom stereocenters. The Morgan fingerprint density at radius 3 is 2.76 bits per heavy atom. The summed E-state index contributed by atoms with van der Waals surface area (Å²) < 4.78 is 10.3. The Morgan fingerprint density at radius 2 is 2.24 bits per heavy atom. The molecule has 8 nitrogen and oxygen atoms in total. The molecule has 21 heavy (non-hydrogen) atoms. The highest BCUT2D eigenvalue weighted by Crippen LogP contribution is 2.30. The lowest BCUT2D eigenvalue weighted by atomic mass is 10.2. The number of hydrogen-bond donors (Lipinski definition) is 2. The number of nitrogens with two attached hydrogens (primary N) is 1. The Kier molecular flexibility index (Phi) is 6.41. The van der Waals surface area contributed by atoms with E-state index in [1.54, 1.807) is 0 Å². The third kappa shape index (κ3) is 4.92. The maximum absolute atomic E-state index is 11.3. The number of primary amides is 1. The van der Waals surface area contributed by atoms with Crippen molar-refractivity contribution in [2.24, 2.45) is 5.73 Å². The normalized spacial score (nSPS) is 11.7. The molecule has 1 aromatic rings. The van der Waals surface area contributed by atoms with Crippen molar-refractivity contribution in [1.29, 1.82) is 0 Å². The largest absolute Gasteiger partial charge is 0.491 e. The van der Waals surface area contributed by atoms with Gasteiger partial charge in [-0.3, -0.25) is 14.9 Å². The third-order valence-corrected chi connectivity index (χ3v) is 2.75. The van der Waals surface area contributed by atoms with Crippen molar-refractivity contribution in [3.63, 3.8) is 0 Å². The number of rotatable bonds is 9. The average molecular weight is 297 g/mol. The minimum Gasteiger partial charge on any atom is -0.491 e. The zero-order chi connectivity index (χ0) is 15.8. The predicted molar refractivity (Wildman–Crippen MR) is 76.4 cm³/mol. The van der Waals surface area contributed by atoms with Gasteiger partial charge in [0.15, 0.2) is 5.75 Å². The van der Waals surface area contributed by atoms with Gasteiger partial charge >= 0.3 is 5.69 Å². The van der Waals surface area contributed by atoms with Crippen LogP contribution >= 0.6 is 0 Å². The maximum atomic E-state index is 11.3. The topological polar surface area (TPSA) is 117 Å². The van der Waals surface area contributed by atoms with Gasteiger partial charge in [0.25, 0.3) is 0 Å². The molecule has 0 saturated carbocycles.